The van der Waals surface area contributed by atoms with Gasteiger partial charge in [-0.3, -0.25) is 9.88 Å². The van der Waals surface area contributed by atoms with Gasteiger partial charge in [0.1, 0.15) is 0 Å². The molecule has 2 amide bonds. The van der Waals surface area contributed by atoms with Crippen LogP contribution in [0.3, 0.4) is 0 Å². The highest BCUT2D eigenvalue weighted by molar-refractivity contribution is 5.91. The van der Waals surface area contributed by atoms with Gasteiger partial charge in [0.25, 0.3) is 0 Å². The van der Waals surface area contributed by atoms with Crippen molar-refractivity contribution in [2.45, 2.75) is 6.92 Å². The van der Waals surface area contributed by atoms with E-state index in [1.54, 1.807) is 36.4 Å². The van der Waals surface area contributed by atoms with Crippen LogP contribution >= 0.6 is 0 Å². The van der Waals surface area contributed by atoms with E-state index in [0.29, 0.717) is 6.54 Å². The second-order valence-electron chi connectivity index (χ2n) is 4.29. The van der Waals surface area contributed by atoms with E-state index in [4.69, 9.17) is 0 Å². The molecule has 0 aliphatic rings. The van der Waals surface area contributed by atoms with E-state index in [-0.39, 0.29) is 6.03 Å². The number of anilines is 1. The molecule has 0 saturated heterocycles. The number of hydrogen-bond acceptors (Lipinski definition) is 3. The average Bonchev–Trinajstić information content (AvgIpc) is 2.87. The van der Waals surface area contributed by atoms with E-state index in [9.17, 15) is 4.79 Å². The molecule has 0 aromatic carbocycles. The summed E-state index contributed by atoms with van der Waals surface area (Å²) in [4.78, 5) is 17.5. The number of hydrogen-bond donors (Lipinski definition) is 1. The number of urea groups is 1. The van der Waals surface area contributed by atoms with Crippen molar-refractivity contribution in [1.29, 1.82) is 0 Å². The first-order valence-electron chi connectivity index (χ1n) is 6.22. The molecule has 0 aliphatic heterocycles. The molecule has 2 rings (SSSR count). The van der Waals surface area contributed by atoms with Crippen molar-refractivity contribution >= 4 is 11.7 Å². The Morgan fingerprint density at radius 2 is 2.40 bits per heavy atom. The quantitative estimate of drug-likeness (QED) is 0.864. The largest absolute Gasteiger partial charge is 0.334 e. The van der Waals surface area contributed by atoms with Crippen molar-refractivity contribution in [3.8, 4) is 5.69 Å². The van der Waals surface area contributed by atoms with Crippen LogP contribution < -0.4 is 10.2 Å². The number of rotatable bonds is 4. The van der Waals surface area contributed by atoms with Gasteiger partial charge in [0.2, 0.25) is 0 Å². The topological polar surface area (TPSA) is 63.1 Å². The first-order chi connectivity index (χ1) is 9.63. The number of carbonyl (C=O) groups is 1. The Morgan fingerprint density at radius 1 is 1.60 bits per heavy atom. The van der Waals surface area contributed by atoms with Crippen molar-refractivity contribution in [1.82, 2.24) is 20.1 Å². The van der Waals surface area contributed by atoms with E-state index in [1.807, 2.05) is 19.1 Å². The summed E-state index contributed by atoms with van der Waals surface area (Å²) in [5.41, 5.74) is 2.36. The lowest BCUT2D eigenvalue weighted by Gasteiger charge is -2.16. The van der Waals surface area contributed by atoms with Crippen molar-refractivity contribution < 1.29 is 4.79 Å². The van der Waals surface area contributed by atoms with Crippen LogP contribution in [0.4, 0.5) is 10.5 Å². The molecule has 0 bridgehead atoms. The summed E-state index contributed by atoms with van der Waals surface area (Å²) in [6, 6.07) is 3.55. The monoisotopic (exact) mass is 271 g/mol. The molecule has 0 aliphatic carbocycles. The lowest BCUT2D eigenvalue weighted by atomic mass is 10.4. The molecule has 2 aromatic rings. The molecule has 0 spiro atoms. The number of aromatic nitrogens is 3. The van der Waals surface area contributed by atoms with Gasteiger partial charge >= 0.3 is 6.03 Å². The highest BCUT2D eigenvalue weighted by atomic mass is 16.2. The maximum absolute atomic E-state index is 11.9. The standard InChI is InChI=1S/C14H17N5O/c1-4-7-16-14(20)18(3)13-10-19(17-11(13)2)12-6-5-8-15-9-12/h4-6,8-10H,1,7H2,2-3H3,(H,16,20). The summed E-state index contributed by atoms with van der Waals surface area (Å²) in [5.74, 6) is 0. The average molecular weight is 271 g/mol. The predicted octanol–water partition coefficient (Wildman–Crippen LogP) is 1.91. The van der Waals surface area contributed by atoms with Crippen molar-refractivity contribution in [3.63, 3.8) is 0 Å². The Balaban J connectivity index is 2.23. The van der Waals surface area contributed by atoms with E-state index in [2.05, 4.69) is 22.0 Å². The van der Waals surface area contributed by atoms with Crippen LogP contribution in [0, 0.1) is 6.92 Å². The Hall–Kier alpha value is -2.63. The van der Waals surface area contributed by atoms with Gasteiger partial charge in [-0.2, -0.15) is 5.10 Å². The predicted molar refractivity (Wildman–Crippen MR) is 78.1 cm³/mol. The lowest BCUT2D eigenvalue weighted by molar-refractivity contribution is 0.248. The molecule has 20 heavy (non-hydrogen) atoms. The fourth-order valence-corrected chi connectivity index (χ4v) is 1.79. The Labute approximate surface area is 117 Å². The third-order valence-electron chi connectivity index (χ3n) is 2.85. The molecule has 1 N–H and O–H groups in total. The maximum atomic E-state index is 11.9. The zero-order valence-electron chi connectivity index (χ0n) is 11.6. The highest BCUT2D eigenvalue weighted by Gasteiger charge is 2.15. The lowest BCUT2D eigenvalue weighted by Crippen LogP contribution is -2.37. The number of aryl methyl sites for hydroxylation is 1. The van der Waals surface area contributed by atoms with Crippen LogP contribution in [0.5, 0.6) is 0 Å². The van der Waals surface area contributed by atoms with Gasteiger partial charge < -0.3 is 5.32 Å². The summed E-state index contributed by atoms with van der Waals surface area (Å²) in [7, 11) is 1.70. The number of nitrogens with one attached hydrogen (secondary N) is 1. The molecule has 0 atom stereocenters. The molecule has 0 unspecified atom stereocenters. The van der Waals surface area contributed by atoms with Gasteiger partial charge in [0, 0.05) is 19.8 Å². The Kier molecular flexibility index (Phi) is 4.14. The SMILES string of the molecule is C=CCNC(=O)N(C)c1cn(-c2cccnc2)nc1C. The minimum atomic E-state index is -0.196. The van der Waals surface area contributed by atoms with Crippen LogP contribution in [0.1, 0.15) is 5.69 Å². The molecule has 104 valence electrons. The van der Waals surface area contributed by atoms with Gasteiger partial charge in [0.15, 0.2) is 0 Å². The normalized spacial score (nSPS) is 10.1. The summed E-state index contributed by atoms with van der Waals surface area (Å²) < 4.78 is 1.70. The van der Waals surface area contributed by atoms with Crippen molar-refractivity contribution in [3.05, 3.63) is 49.1 Å². The third kappa shape index (κ3) is 2.85. The summed E-state index contributed by atoms with van der Waals surface area (Å²) in [6.45, 7) is 5.86. The Morgan fingerprint density at radius 3 is 3.05 bits per heavy atom. The van der Waals surface area contributed by atoms with Gasteiger partial charge in [0.05, 0.1) is 29.5 Å². The van der Waals surface area contributed by atoms with Crippen LogP contribution in [0.25, 0.3) is 5.69 Å². The number of pyridine rings is 1. The minimum Gasteiger partial charge on any atom is -0.334 e. The molecule has 0 radical (unpaired) electrons. The molecule has 0 saturated carbocycles. The molecule has 2 aromatic heterocycles. The number of amides is 2. The molecule has 6 heteroatoms. The van der Waals surface area contributed by atoms with E-state index < -0.39 is 0 Å². The van der Waals surface area contributed by atoms with Gasteiger partial charge in [-0.05, 0) is 19.1 Å². The first-order valence-corrected chi connectivity index (χ1v) is 6.22. The molecule has 6 nitrogen and oxygen atoms in total. The van der Waals surface area contributed by atoms with E-state index in [0.717, 1.165) is 17.1 Å². The third-order valence-corrected chi connectivity index (χ3v) is 2.85. The van der Waals surface area contributed by atoms with Crippen molar-refractivity contribution in [2.75, 3.05) is 18.5 Å². The fraction of sp³-hybridized carbons (Fsp3) is 0.214. The zero-order chi connectivity index (χ0) is 14.5. The molecule has 2 heterocycles. The van der Waals surface area contributed by atoms with E-state index >= 15 is 0 Å². The summed E-state index contributed by atoms with van der Waals surface area (Å²) in [5, 5.41) is 7.13. The van der Waals surface area contributed by atoms with Crippen LogP contribution in [0.2, 0.25) is 0 Å². The van der Waals surface area contributed by atoms with Crippen molar-refractivity contribution in [2.24, 2.45) is 0 Å². The second-order valence-corrected chi connectivity index (χ2v) is 4.29. The fourth-order valence-electron chi connectivity index (χ4n) is 1.79. The molecular weight excluding hydrogens is 254 g/mol. The second kappa shape index (κ2) is 6.01. The van der Waals surface area contributed by atoms with Crippen LogP contribution in [-0.4, -0.2) is 34.4 Å². The van der Waals surface area contributed by atoms with Gasteiger partial charge in [-0.25, -0.2) is 9.48 Å². The van der Waals surface area contributed by atoms with E-state index in [1.165, 1.54) is 4.90 Å². The van der Waals surface area contributed by atoms with Gasteiger partial charge in [-0.15, -0.1) is 6.58 Å². The maximum Gasteiger partial charge on any atom is 0.321 e. The Bertz CT molecular complexity index is 605. The minimum absolute atomic E-state index is 0.196. The van der Waals surface area contributed by atoms with Crippen LogP contribution in [-0.2, 0) is 0 Å². The molecule has 0 fully saturated rings. The molecular formula is C14H17N5O. The smallest absolute Gasteiger partial charge is 0.321 e. The number of nitrogens with zero attached hydrogens (tertiary/aromatic N) is 4. The van der Waals surface area contributed by atoms with Gasteiger partial charge in [-0.1, -0.05) is 6.08 Å². The highest BCUT2D eigenvalue weighted by Crippen LogP contribution is 2.19. The van der Waals surface area contributed by atoms with Crippen LogP contribution in [0.15, 0.2) is 43.4 Å². The zero-order valence-corrected chi connectivity index (χ0v) is 11.6. The summed E-state index contributed by atoms with van der Waals surface area (Å²) >= 11 is 0. The number of carbonyl (C=O) groups excluding carboxylic acids is 1. The first kappa shape index (κ1) is 13.8. The summed E-state index contributed by atoms with van der Waals surface area (Å²) in [6.07, 6.45) is 6.86.